The summed E-state index contributed by atoms with van der Waals surface area (Å²) in [5.41, 5.74) is 0. The van der Waals surface area contributed by atoms with Crippen molar-refractivity contribution in [3.05, 3.63) is 20.8 Å². The standard InChI is InChI=1S/C11H12BrNO5S/c1-17-9(14)5-13(6-10(15)18-2)11(16)7-3-4-8(12)19-7/h3-4H,5-6H2,1-2H3. The van der Waals surface area contributed by atoms with Crippen molar-refractivity contribution in [3.8, 4) is 0 Å². The lowest BCUT2D eigenvalue weighted by atomic mass is 10.3. The number of hydrogen-bond acceptors (Lipinski definition) is 6. The van der Waals surface area contributed by atoms with Gasteiger partial charge < -0.3 is 14.4 Å². The summed E-state index contributed by atoms with van der Waals surface area (Å²) in [5, 5.41) is 0. The van der Waals surface area contributed by atoms with Gasteiger partial charge in [-0.2, -0.15) is 0 Å². The third-order valence-electron chi connectivity index (χ3n) is 2.17. The molecule has 8 heteroatoms. The molecule has 0 bridgehead atoms. The van der Waals surface area contributed by atoms with Gasteiger partial charge >= 0.3 is 11.9 Å². The second-order valence-corrected chi connectivity index (χ2v) is 5.88. The van der Waals surface area contributed by atoms with Gasteiger partial charge in [0.2, 0.25) is 0 Å². The summed E-state index contributed by atoms with van der Waals surface area (Å²) in [6, 6.07) is 3.32. The Morgan fingerprint density at radius 2 is 1.68 bits per heavy atom. The van der Waals surface area contributed by atoms with Crippen LogP contribution >= 0.6 is 27.3 Å². The molecule has 1 aromatic heterocycles. The van der Waals surface area contributed by atoms with Crippen LogP contribution in [0.1, 0.15) is 9.67 Å². The molecule has 1 aromatic rings. The SMILES string of the molecule is COC(=O)CN(CC(=O)OC)C(=O)c1ccc(Br)s1. The Kier molecular flexibility index (Phi) is 5.97. The van der Waals surface area contributed by atoms with E-state index in [9.17, 15) is 14.4 Å². The summed E-state index contributed by atoms with van der Waals surface area (Å²) in [5.74, 6) is -1.63. The van der Waals surface area contributed by atoms with Gasteiger partial charge in [0.25, 0.3) is 5.91 Å². The van der Waals surface area contributed by atoms with Crippen LogP contribution < -0.4 is 0 Å². The molecule has 19 heavy (non-hydrogen) atoms. The van der Waals surface area contributed by atoms with Crippen LogP contribution in [0.15, 0.2) is 15.9 Å². The average Bonchev–Trinajstić information content (AvgIpc) is 2.83. The van der Waals surface area contributed by atoms with Crippen LogP contribution in [-0.4, -0.2) is 50.1 Å². The molecule has 0 atom stereocenters. The molecule has 0 aliphatic carbocycles. The van der Waals surface area contributed by atoms with E-state index in [0.717, 1.165) is 8.69 Å². The van der Waals surface area contributed by atoms with Gasteiger partial charge in [-0.05, 0) is 28.1 Å². The number of carbonyl (C=O) groups excluding carboxylic acids is 3. The summed E-state index contributed by atoms with van der Waals surface area (Å²) in [6.45, 7) is -0.611. The first-order valence-corrected chi connectivity index (χ1v) is 6.77. The maximum Gasteiger partial charge on any atom is 0.325 e. The highest BCUT2D eigenvalue weighted by atomic mass is 79.9. The molecular formula is C11H12BrNO5S. The molecule has 0 fully saturated rings. The lowest BCUT2D eigenvalue weighted by molar-refractivity contribution is -0.144. The minimum absolute atomic E-state index is 0.306. The normalized spacial score (nSPS) is 9.84. The molecule has 0 N–H and O–H groups in total. The number of esters is 2. The fourth-order valence-electron chi connectivity index (χ4n) is 1.23. The quantitative estimate of drug-likeness (QED) is 0.749. The van der Waals surface area contributed by atoms with Crippen molar-refractivity contribution in [3.63, 3.8) is 0 Å². The van der Waals surface area contributed by atoms with E-state index in [4.69, 9.17) is 0 Å². The number of halogens is 1. The predicted octanol–water partition coefficient (Wildman–Crippen LogP) is 1.30. The van der Waals surface area contributed by atoms with Gasteiger partial charge in [0.1, 0.15) is 13.1 Å². The van der Waals surface area contributed by atoms with Crippen LogP contribution in [0.4, 0.5) is 0 Å². The Bertz CT molecular complexity index is 469. The second-order valence-electron chi connectivity index (χ2n) is 3.42. The first-order valence-electron chi connectivity index (χ1n) is 5.16. The third kappa shape index (κ3) is 4.64. The molecular weight excluding hydrogens is 338 g/mol. The number of carbonyl (C=O) groups is 3. The van der Waals surface area contributed by atoms with E-state index in [1.54, 1.807) is 12.1 Å². The molecule has 0 unspecified atom stereocenters. The zero-order valence-electron chi connectivity index (χ0n) is 10.3. The van der Waals surface area contributed by atoms with Crippen molar-refractivity contribution in [2.75, 3.05) is 27.3 Å². The number of rotatable bonds is 5. The van der Waals surface area contributed by atoms with E-state index in [1.807, 2.05) is 0 Å². The molecule has 104 valence electrons. The molecule has 0 aliphatic rings. The van der Waals surface area contributed by atoms with Crippen molar-refractivity contribution >= 4 is 45.1 Å². The van der Waals surface area contributed by atoms with Gasteiger partial charge in [0.15, 0.2) is 0 Å². The van der Waals surface area contributed by atoms with Gasteiger partial charge in [-0.1, -0.05) is 0 Å². The topological polar surface area (TPSA) is 72.9 Å². The number of nitrogens with zero attached hydrogens (tertiary/aromatic N) is 1. The van der Waals surface area contributed by atoms with Gasteiger partial charge in [-0.3, -0.25) is 14.4 Å². The van der Waals surface area contributed by atoms with Gasteiger partial charge in [0, 0.05) is 0 Å². The first kappa shape index (κ1) is 15.6. The largest absolute Gasteiger partial charge is 0.468 e. The van der Waals surface area contributed by atoms with Gasteiger partial charge in [0.05, 0.1) is 22.9 Å². The van der Waals surface area contributed by atoms with E-state index in [-0.39, 0.29) is 13.1 Å². The summed E-state index contributed by atoms with van der Waals surface area (Å²) < 4.78 is 9.78. The molecule has 0 radical (unpaired) electrons. The Morgan fingerprint density at radius 1 is 1.16 bits per heavy atom. The van der Waals surface area contributed by atoms with Crippen molar-refractivity contribution in [2.24, 2.45) is 0 Å². The second kappa shape index (κ2) is 7.25. The van der Waals surface area contributed by atoms with Crippen LogP contribution in [0.5, 0.6) is 0 Å². The minimum atomic E-state index is -0.604. The molecule has 0 spiro atoms. The molecule has 0 saturated heterocycles. The fraction of sp³-hybridized carbons (Fsp3) is 0.364. The van der Waals surface area contributed by atoms with E-state index < -0.39 is 17.8 Å². The number of thiophene rings is 1. The molecule has 1 amide bonds. The fourth-order valence-corrected chi connectivity index (χ4v) is 2.58. The summed E-state index contributed by atoms with van der Waals surface area (Å²) >= 11 is 4.46. The smallest absolute Gasteiger partial charge is 0.325 e. The van der Waals surface area contributed by atoms with Crippen molar-refractivity contribution in [2.45, 2.75) is 0 Å². The van der Waals surface area contributed by atoms with Crippen LogP contribution in [0.3, 0.4) is 0 Å². The lowest BCUT2D eigenvalue weighted by Gasteiger charge is -2.19. The van der Waals surface area contributed by atoms with Crippen LogP contribution in [0.25, 0.3) is 0 Å². The zero-order chi connectivity index (χ0) is 14.4. The molecule has 0 aliphatic heterocycles. The third-order valence-corrected chi connectivity index (χ3v) is 3.78. The predicted molar refractivity (Wildman–Crippen MR) is 72.0 cm³/mol. The summed E-state index contributed by atoms with van der Waals surface area (Å²) in [4.78, 5) is 36.2. The van der Waals surface area contributed by atoms with Crippen LogP contribution in [0, 0.1) is 0 Å². The summed E-state index contributed by atoms with van der Waals surface area (Å²) in [7, 11) is 2.43. The average molecular weight is 350 g/mol. The monoisotopic (exact) mass is 349 g/mol. The highest BCUT2D eigenvalue weighted by Crippen LogP contribution is 2.23. The number of hydrogen-bond donors (Lipinski definition) is 0. The maximum atomic E-state index is 12.2. The Balaban J connectivity index is 2.85. The van der Waals surface area contributed by atoms with Crippen LogP contribution in [0.2, 0.25) is 0 Å². The minimum Gasteiger partial charge on any atom is -0.468 e. The number of amides is 1. The molecule has 0 aromatic carbocycles. The van der Waals surface area contributed by atoms with E-state index in [1.165, 1.54) is 25.6 Å². The van der Waals surface area contributed by atoms with Gasteiger partial charge in [-0.15, -0.1) is 11.3 Å². The van der Waals surface area contributed by atoms with E-state index >= 15 is 0 Å². The van der Waals surface area contributed by atoms with E-state index in [2.05, 4.69) is 25.4 Å². The maximum absolute atomic E-state index is 12.2. The number of ether oxygens (including phenoxy) is 2. The first-order chi connectivity index (χ1) is 8.97. The zero-order valence-corrected chi connectivity index (χ0v) is 12.7. The molecule has 0 saturated carbocycles. The van der Waals surface area contributed by atoms with Crippen molar-refractivity contribution < 1.29 is 23.9 Å². The Morgan fingerprint density at radius 3 is 2.05 bits per heavy atom. The van der Waals surface area contributed by atoms with Crippen molar-refractivity contribution in [1.29, 1.82) is 0 Å². The Hall–Kier alpha value is -1.41. The molecule has 6 nitrogen and oxygen atoms in total. The van der Waals surface area contributed by atoms with Gasteiger partial charge in [-0.25, -0.2) is 0 Å². The number of methoxy groups -OCH3 is 2. The Labute approximate surface area is 122 Å². The highest BCUT2D eigenvalue weighted by molar-refractivity contribution is 9.11. The highest BCUT2D eigenvalue weighted by Gasteiger charge is 2.23. The van der Waals surface area contributed by atoms with E-state index in [0.29, 0.717) is 4.88 Å². The van der Waals surface area contributed by atoms with Crippen molar-refractivity contribution in [1.82, 2.24) is 4.90 Å². The molecule has 1 heterocycles. The lowest BCUT2D eigenvalue weighted by Crippen LogP contribution is -2.39. The van der Waals surface area contributed by atoms with Crippen LogP contribution in [-0.2, 0) is 19.1 Å². The molecule has 1 rings (SSSR count). The summed E-state index contributed by atoms with van der Waals surface area (Å²) in [6.07, 6.45) is 0.